The van der Waals surface area contributed by atoms with Gasteiger partial charge in [0.25, 0.3) is 0 Å². The van der Waals surface area contributed by atoms with Crippen LogP contribution in [0.25, 0.3) is 0 Å². The first kappa shape index (κ1) is 15.8. The van der Waals surface area contributed by atoms with Crippen LogP contribution in [0.4, 0.5) is 0 Å². The van der Waals surface area contributed by atoms with Gasteiger partial charge in [-0.25, -0.2) is 0 Å². The van der Waals surface area contributed by atoms with Gasteiger partial charge in [0.2, 0.25) is 0 Å². The molecule has 3 nitrogen and oxygen atoms in total. The van der Waals surface area contributed by atoms with Crippen molar-refractivity contribution in [1.29, 1.82) is 0 Å². The smallest absolute Gasteiger partial charge is 0.161 e. The Balaban J connectivity index is 2.66. The molecule has 1 rings (SSSR count). The van der Waals surface area contributed by atoms with Gasteiger partial charge < -0.3 is 14.8 Å². The molecule has 0 aliphatic carbocycles. The molecule has 108 valence electrons. The van der Waals surface area contributed by atoms with E-state index in [1.54, 1.807) is 0 Å². The number of nitrogens with one attached hydrogen (secondary N) is 1. The van der Waals surface area contributed by atoms with Gasteiger partial charge in [-0.15, -0.1) is 0 Å². The average Bonchev–Trinajstić information content (AvgIpc) is 2.38. The maximum Gasteiger partial charge on any atom is 0.161 e. The summed E-state index contributed by atoms with van der Waals surface area (Å²) in [6.45, 7) is 9.99. The maximum absolute atomic E-state index is 6.10. The molecular weight excluding hydrogens is 238 g/mol. The van der Waals surface area contributed by atoms with Gasteiger partial charge in [-0.2, -0.15) is 0 Å². The van der Waals surface area contributed by atoms with Gasteiger partial charge in [0, 0.05) is 12.6 Å². The highest BCUT2D eigenvalue weighted by molar-refractivity contribution is 5.39. The van der Waals surface area contributed by atoms with Crippen molar-refractivity contribution in [1.82, 2.24) is 5.32 Å². The quantitative estimate of drug-likeness (QED) is 0.739. The summed E-state index contributed by atoms with van der Waals surface area (Å²) in [5.41, 5.74) is 0. The van der Waals surface area contributed by atoms with Gasteiger partial charge in [-0.1, -0.05) is 39.3 Å². The molecule has 0 saturated heterocycles. The second-order valence-electron chi connectivity index (χ2n) is 4.97. The third kappa shape index (κ3) is 5.97. The van der Waals surface area contributed by atoms with Crippen molar-refractivity contribution < 1.29 is 9.47 Å². The maximum atomic E-state index is 6.10. The lowest BCUT2D eigenvalue weighted by Gasteiger charge is -2.22. The van der Waals surface area contributed by atoms with Crippen LogP contribution < -0.4 is 14.8 Å². The summed E-state index contributed by atoms with van der Waals surface area (Å²) in [6.07, 6.45) is 2.34. The molecule has 1 aromatic carbocycles. The number of hydrogen-bond acceptors (Lipinski definition) is 3. The Morgan fingerprint density at radius 2 is 1.79 bits per heavy atom. The highest BCUT2D eigenvalue weighted by Crippen LogP contribution is 2.27. The molecule has 1 N–H and O–H groups in total. The summed E-state index contributed by atoms with van der Waals surface area (Å²) in [4.78, 5) is 0. The topological polar surface area (TPSA) is 30.5 Å². The summed E-state index contributed by atoms with van der Waals surface area (Å²) in [5, 5.41) is 3.44. The van der Waals surface area contributed by atoms with Gasteiger partial charge in [-0.3, -0.25) is 0 Å². The molecule has 0 bridgehead atoms. The summed E-state index contributed by atoms with van der Waals surface area (Å²) >= 11 is 0. The standard InChI is InChI=1S/C16H27NO2/c1-5-9-14(12-17-13(3)4)19-16-11-8-7-10-15(16)18-6-2/h7-8,10-11,13-14,17H,5-6,9,12H2,1-4H3. The van der Waals surface area contributed by atoms with E-state index < -0.39 is 0 Å². The Kier molecular flexibility index (Phi) is 7.34. The predicted octanol–water partition coefficient (Wildman–Crippen LogP) is 3.63. The minimum Gasteiger partial charge on any atom is -0.490 e. The van der Waals surface area contributed by atoms with E-state index in [9.17, 15) is 0 Å². The van der Waals surface area contributed by atoms with Crippen molar-refractivity contribution in [3.05, 3.63) is 24.3 Å². The number of ether oxygens (including phenoxy) is 2. The van der Waals surface area contributed by atoms with Crippen molar-refractivity contribution in [2.45, 2.75) is 52.7 Å². The van der Waals surface area contributed by atoms with Crippen LogP contribution in [0.5, 0.6) is 11.5 Å². The Morgan fingerprint density at radius 1 is 1.11 bits per heavy atom. The van der Waals surface area contributed by atoms with Gasteiger partial charge in [0.15, 0.2) is 11.5 Å². The van der Waals surface area contributed by atoms with Crippen molar-refractivity contribution in [3.8, 4) is 11.5 Å². The third-order valence-electron chi connectivity index (χ3n) is 2.81. The zero-order valence-electron chi connectivity index (χ0n) is 12.6. The Morgan fingerprint density at radius 3 is 2.37 bits per heavy atom. The zero-order chi connectivity index (χ0) is 14.1. The van der Waals surface area contributed by atoms with E-state index in [1.807, 2.05) is 31.2 Å². The molecule has 0 spiro atoms. The number of benzene rings is 1. The molecule has 0 amide bonds. The molecule has 3 heteroatoms. The molecular formula is C16H27NO2. The van der Waals surface area contributed by atoms with Crippen LogP contribution in [0.3, 0.4) is 0 Å². The third-order valence-corrected chi connectivity index (χ3v) is 2.81. The molecule has 19 heavy (non-hydrogen) atoms. The van der Waals surface area contributed by atoms with Gasteiger partial charge in [-0.05, 0) is 25.5 Å². The molecule has 0 aliphatic rings. The summed E-state index contributed by atoms with van der Waals surface area (Å²) < 4.78 is 11.7. The Bertz CT molecular complexity index is 352. The molecule has 0 heterocycles. The molecule has 0 fully saturated rings. The summed E-state index contributed by atoms with van der Waals surface area (Å²) in [6, 6.07) is 8.36. The van der Waals surface area contributed by atoms with E-state index in [0.717, 1.165) is 30.9 Å². The van der Waals surface area contributed by atoms with Crippen LogP contribution in [-0.4, -0.2) is 25.3 Å². The van der Waals surface area contributed by atoms with Crippen molar-refractivity contribution in [2.24, 2.45) is 0 Å². The zero-order valence-corrected chi connectivity index (χ0v) is 12.6. The fourth-order valence-electron chi connectivity index (χ4n) is 1.89. The molecule has 1 unspecified atom stereocenters. The molecule has 1 aromatic rings. The highest BCUT2D eigenvalue weighted by Gasteiger charge is 2.13. The number of rotatable bonds is 9. The first-order valence-corrected chi connectivity index (χ1v) is 7.29. The van der Waals surface area contributed by atoms with E-state index in [4.69, 9.17) is 9.47 Å². The van der Waals surface area contributed by atoms with E-state index in [0.29, 0.717) is 12.6 Å². The summed E-state index contributed by atoms with van der Waals surface area (Å²) in [7, 11) is 0. The van der Waals surface area contributed by atoms with Crippen LogP contribution in [-0.2, 0) is 0 Å². The molecule has 0 aromatic heterocycles. The molecule has 0 saturated carbocycles. The minimum atomic E-state index is 0.189. The molecule has 0 aliphatic heterocycles. The first-order chi connectivity index (χ1) is 9.17. The van der Waals surface area contributed by atoms with Gasteiger partial charge in [0.05, 0.1) is 6.61 Å². The number of para-hydroxylation sites is 2. The van der Waals surface area contributed by atoms with Crippen molar-refractivity contribution in [2.75, 3.05) is 13.2 Å². The van der Waals surface area contributed by atoms with Crippen LogP contribution >= 0.6 is 0 Å². The van der Waals surface area contributed by atoms with E-state index in [-0.39, 0.29) is 6.10 Å². The Labute approximate surface area is 117 Å². The lowest BCUT2D eigenvalue weighted by atomic mass is 10.2. The highest BCUT2D eigenvalue weighted by atomic mass is 16.5. The van der Waals surface area contributed by atoms with Crippen LogP contribution in [0.1, 0.15) is 40.5 Å². The Hall–Kier alpha value is -1.22. The largest absolute Gasteiger partial charge is 0.490 e. The lowest BCUT2D eigenvalue weighted by molar-refractivity contribution is 0.173. The minimum absolute atomic E-state index is 0.189. The number of hydrogen-bond donors (Lipinski definition) is 1. The summed E-state index contributed by atoms with van der Waals surface area (Å²) in [5.74, 6) is 1.67. The molecule has 0 radical (unpaired) electrons. The molecule has 1 atom stereocenters. The lowest BCUT2D eigenvalue weighted by Crippen LogP contribution is -2.35. The van der Waals surface area contributed by atoms with Crippen LogP contribution in [0.2, 0.25) is 0 Å². The monoisotopic (exact) mass is 265 g/mol. The first-order valence-electron chi connectivity index (χ1n) is 7.29. The predicted molar refractivity (Wildman–Crippen MR) is 80.1 cm³/mol. The van der Waals surface area contributed by atoms with Gasteiger partial charge in [0.1, 0.15) is 6.10 Å². The van der Waals surface area contributed by atoms with E-state index in [2.05, 4.69) is 26.1 Å². The van der Waals surface area contributed by atoms with E-state index >= 15 is 0 Å². The fourth-order valence-corrected chi connectivity index (χ4v) is 1.89. The normalized spacial score (nSPS) is 12.5. The van der Waals surface area contributed by atoms with Gasteiger partial charge >= 0.3 is 0 Å². The van der Waals surface area contributed by atoms with Crippen LogP contribution in [0, 0.1) is 0 Å². The van der Waals surface area contributed by atoms with Crippen LogP contribution in [0.15, 0.2) is 24.3 Å². The SMILES string of the molecule is CCCC(CNC(C)C)Oc1ccccc1OCC. The van der Waals surface area contributed by atoms with Crippen molar-refractivity contribution >= 4 is 0 Å². The fraction of sp³-hybridized carbons (Fsp3) is 0.625. The van der Waals surface area contributed by atoms with E-state index in [1.165, 1.54) is 0 Å². The second kappa shape index (κ2) is 8.81. The van der Waals surface area contributed by atoms with Crippen molar-refractivity contribution in [3.63, 3.8) is 0 Å². The second-order valence-corrected chi connectivity index (χ2v) is 4.97. The average molecular weight is 265 g/mol.